The number of fused-ring (bicyclic) bond motifs is 5. The Hall–Kier alpha value is -1.98. The van der Waals surface area contributed by atoms with E-state index < -0.39 is 0 Å². The number of hydrogen-bond acceptors (Lipinski definition) is 4. The van der Waals surface area contributed by atoms with Gasteiger partial charge in [0.05, 0.1) is 17.1 Å². The lowest BCUT2D eigenvalue weighted by atomic mass is 10.0. The summed E-state index contributed by atoms with van der Waals surface area (Å²) in [4.78, 5) is 14.6. The van der Waals surface area contributed by atoms with Crippen LogP contribution in [0, 0.1) is 6.92 Å². The molecule has 27 heavy (non-hydrogen) atoms. The van der Waals surface area contributed by atoms with E-state index in [1.54, 1.807) is 0 Å². The smallest absolute Gasteiger partial charge is 0.339 e. The van der Waals surface area contributed by atoms with Gasteiger partial charge in [-0.15, -0.1) is 0 Å². The third-order valence-electron chi connectivity index (χ3n) is 5.49. The highest BCUT2D eigenvalue weighted by atomic mass is 79.9. The molecule has 2 aromatic carbocycles. The average Bonchev–Trinajstić information content (AvgIpc) is 3.16. The molecule has 0 radical (unpaired) electrons. The monoisotopic (exact) mass is 445 g/mol. The predicted octanol–water partition coefficient (Wildman–Crippen LogP) is 5.36. The first-order chi connectivity index (χ1) is 13.0. The van der Waals surface area contributed by atoms with Crippen molar-refractivity contribution >= 4 is 44.2 Å². The lowest BCUT2D eigenvalue weighted by Gasteiger charge is -2.32. The van der Waals surface area contributed by atoms with Crippen molar-refractivity contribution in [3.05, 3.63) is 66.4 Å². The van der Waals surface area contributed by atoms with Gasteiger partial charge in [-0.05, 0) is 61.6 Å². The maximum Gasteiger partial charge on any atom is 0.339 e. The van der Waals surface area contributed by atoms with Crippen molar-refractivity contribution in [2.45, 2.75) is 32.7 Å². The zero-order valence-corrected chi connectivity index (χ0v) is 17.1. The summed E-state index contributed by atoms with van der Waals surface area (Å²) < 4.78 is 12.8. The molecule has 2 aliphatic rings. The second-order valence-corrected chi connectivity index (χ2v) is 8.41. The molecule has 1 aromatic heterocycles. The Bertz CT molecular complexity index is 1150. The topological polar surface area (TPSA) is 42.7 Å². The summed E-state index contributed by atoms with van der Waals surface area (Å²) >= 11 is 10.1. The van der Waals surface area contributed by atoms with Crippen LogP contribution in [-0.2, 0) is 19.4 Å². The number of anilines is 1. The van der Waals surface area contributed by atoms with Crippen molar-refractivity contribution in [3.63, 3.8) is 0 Å². The molecule has 1 aliphatic carbocycles. The van der Waals surface area contributed by atoms with Crippen LogP contribution < -0.4 is 15.3 Å². The number of halogens is 2. The van der Waals surface area contributed by atoms with Gasteiger partial charge >= 0.3 is 5.63 Å². The fourth-order valence-corrected chi connectivity index (χ4v) is 4.62. The van der Waals surface area contributed by atoms with E-state index in [-0.39, 0.29) is 5.63 Å². The molecule has 0 spiro atoms. The molecule has 6 heteroatoms. The standard InChI is InChI=1S/C21H17BrClNO3/c1-11-7-12(5-6-17(11)22)24-9-16-19-15(8-18(23)20(16)26-10-24)13-3-2-4-14(13)21(25)27-19/h5-8H,2-4,9-10H2,1H3. The Morgan fingerprint density at radius 1 is 1.15 bits per heavy atom. The van der Waals surface area contributed by atoms with Crippen LogP contribution in [0.25, 0.3) is 11.0 Å². The number of benzene rings is 2. The first-order valence-corrected chi connectivity index (χ1v) is 10.1. The van der Waals surface area contributed by atoms with E-state index in [0.29, 0.717) is 29.6 Å². The molecule has 4 nitrogen and oxygen atoms in total. The van der Waals surface area contributed by atoms with Gasteiger partial charge in [-0.2, -0.15) is 0 Å². The van der Waals surface area contributed by atoms with E-state index in [1.165, 1.54) is 0 Å². The van der Waals surface area contributed by atoms with Crippen LogP contribution in [0.3, 0.4) is 0 Å². The van der Waals surface area contributed by atoms with Crippen LogP contribution in [0.15, 0.2) is 37.9 Å². The molecule has 0 saturated heterocycles. The molecule has 0 fully saturated rings. The Balaban J connectivity index is 1.68. The third kappa shape index (κ3) is 2.67. The summed E-state index contributed by atoms with van der Waals surface area (Å²) in [5, 5.41) is 1.52. The van der Waals surface area contributed by atoms with Gasteiger partial charge in [0.1, 0.15) is 11.3 Å². The van der Waals surface area contributed by atoms with Gasteiger partial charge in [0.2, 0.25) is 0 Å². The quantitative estimate of drug-likeness (QED) is 0.472. The molecule has 3 aromatic rings. The minimum absolute atomic E-state index is 0.226. The van der Waals surface area contributed by atoms with E-state index in [2.05, 4.69) is 33.8 Å². The fraction of sp³-hybridized carbons (Fsp3) is 0.286. The zero-order valence-electron chi connectivity index (χ0n) is 14.8. The molecule has 0 atom stereocenters. The van der Waals surface area contributed by atoms with Crippen molar-refractivity contribution in [1.29, 1.82) is 0 Å². The number of aryl methyl sites for hydroxylation is 2. The van der Waals surface area contributed by atoms with Gasteiger partial charge in [0.25, 0.3) is 0 Å². The summed E-state index contributed by atoms with van der Waals surface area (Å²) in [7, 11) is 0. The maximum absolute atomic E-state index is 12.5. The number of rotatable bonds is 1. The van der Waals surface area contributed by atoms with Crippen molar-refractivity contribution in [2.75, 3.05) is 11.6 Å². The summed E-state index contributed by atoms with van der Waals surface area (Å²) in [6.07, 6.45) is 2.65. The van der Waals surface area contributed by atoms with Crippen molar-refractivity contribution in [3.8, 4) is 5.75 Å². The average molecular weight is 447 g/mol. The first kappa shape index (κ1) is 17.1. The van der Waals surface area contributed by atoms with Gasteiger partial charge in [-0.3, -0.25) is 0 Å². The van der Waals surface area contributed by atoms with Crippen LogP contribution in [-0.4, -0.2) is 6.73 Å². The Morgan fingerprint density at radius 2 is 1.96 bits per heavy atom. The van der Waals surface area contributed by atoms with Crippen LogP contribution in [0.5, 0.6) is 5.75 Å². The number of hydrogen-bond donors (Lipinski definition) is 0. The van der Waals surface area contributed by atoms with Gasteiger partial charge in [-0.25, -0.2) is 4.79 Å². The molecule has 0 unspecified atom stereocenters. The number of nitrogens with zero attached hydrogens (tertiary/aromatic N) is 1. The van der Waals surface area contributed by atoms with Gasteiger partial charge in [0.15, 0.2) is 6.73 Å². The minimum Gasteiger partial charge on any atom is -0.471 e. The van der Waals surface area contributed by atoms with Crippen molar-refractivity contribution in [1.82, 2.24) is 0 Å². The molecule has 0 bridgehead atoms. The van der Waals surface area contributed by atoms with Gasteiger partial charge in [0, 0.05) is 21.1 Å². The predicted molar refractivity (Wildman–Crippen MR) is 110 cm³/mol. The van der Waals surface area contributed by atoms with Gasteiger partial charge < -0.3 is 14.1 Å². The number of ether oxygens (including phenoxy) is 1. The molecule has 0 N–H and O–H groups in total. The fourth-order valence-electron chi connectivity index (χ4n) is 4.10. The Morgan fingerprint density at radius 3 is 2.78 bits per heavy atom. The molecule has 0 amide bonds. The molecule has 2 heterocycles. The maximum atomic E-state index is 12.5. The summed E-state index contributed by atoms with van der Waals surface area (Å²) in [5.74, 6) is 0.621. The molecular weight excluding hydrogens is 430 g/mol. The first-order valence-electron chi connectivity index (χ1n) is 8.97. The van der Waals surface area contributed by atoms with E-state index >= 15 is 0 Å². The highest BCUT2D eigenvalue weighted by Crippen LogP contribution is 2.42. The Labute approximate surface area is 169 Å². The lowest BCUT2D eigenvalue weighted by Crippen LogP contribution is -2.32. The van der Waals surface area contributed by atoms with Gasteiger partial charge in [-0.1, -0.05) is 27.5 Å². The van der Waals surface area contributed by atoms with E-state index in [4.69, 9.17) is 20.8 Å². The Kier molecular flexibility index (Phi) is 3.99. The summed E-state index contributed by atoms with van der Waals surface area (Å²) in [6, 6.07) is 8.08. The van der Waals surface area contributed by atoms with E-state index in [9.17, 15) is 4.79 Å². The highest BCUT2D eigenvalue weighted by Gasteiger charge is 2.28. The summed E-state index contributed by atoms with van der Waals surface area (Å²) in [5.41, 5.74) is 5.32. The van der Waals surface area contributed by atoms with Crippen LogP contribution >= 0.6 is 27.5 Å². The molecular formula is C21H17BrClNO3. The van der Waals surface area contributed by atoms with Crippen molar-refractivity contribution < 1.29 is 9.15 Å². The second-order valence-electron chi connectivity index (χ2n) is 7.15. The van der Waals surface area contributed by atoms with Crippen LogP contribution in [0.4, 0.5) is 5.69 Å². The minimum atomic E-state index is -0.226. The van der Waals surface area contributed by atoms with Crippen LogP contribution in [0.2, 0.25) is 5.02 Å². The van der Waals surface area contributed by atoms with E-state index in [0.717, 1.165) is 57.1 Å². The highest BCUT2D eigenvalue weighted by molar-refractivity contribution is 9.10. The molecule has 0 saturated carbocycles. The SMILES string of the molecule is Cc1cc(N2COc3c(Cl)cc4c5c(c(=O)oc4c3C2)CCC5)ccc1Br. The van der Waals surface area contributed by atoms with E-state index in [1.807, 2.05) is 18.2 Å². The molecule has 138 valence electrons. The lowest BCUT2D eigenvalue weighted by molar-refractivity contribution is 0.289. The third-order valence-corrected chi connectivity index (χ3v) is 6.66. The summed E-state index contributed by atoms with van der Waals surface area (Å²) in [6.45, 7) is 3.03. The normalized spacial score (nSPS) is 15.6. The largest absolute Gasteiger partial charge is 0.471 e. The van der Waals surface area contributed by atoms with Crippen LogP contribution in [0.1, 0.15) is 28.7 Å². The molecule has 1 aliphatic heterocycles. The van der Waals surface area contributed by atoms with Crippen molar-refractivity contribution in [2.24, 2.45) is 0 Å². The second kappa shape index (κ2) is 6.28. The molecule has 5 rings (SSSR count). The zero-order chi connectivity index (χ0) is 18.7.